The molecule has 0 amide bonds. The van der Waals surface area contributed by atoms with Crippen molar-refractivity contribution in [3.63, 3.8) is 0 Å². The summed E-state index contributed by atoms with van der Waals surface area (Å²) in [5.41, 5.74) is 0.142. The van der Waals surface area contributed by atoms with Crippen LogP contribution in [0.15, 0.2) is 16.6 Å². The number of fused-ring (bicyclic) bond motifs is 1. The number of hydrogen-bond donors (Lipinski definition) is 3. The Morgan fingerprint density at radius 3 is 2.73 bits per heavy atom. The van der Waals surface area contributed by atoms with Gasteiger partial charge in [0.05, 0.1) is 9.99 Å². The fourth-order valence-electron chi connectivity index (χ4n) is 1.32. The monoisotopic (exact) mass is 273 g/mol. The fourth-order valence-corrected chi connectivity index (χ4v) is 1.65. The minimum Gasteiger partial charge on any atom is -0.506 e. The number of carboxylic acids is 1. The van der Waals surface area contributed by atoms with Crippen LogP contribution >= 0.6 is 15.9 Å². The molecule has 0 bridgehead atoms. The highest BCUT2D eigenvalue weighted by Crippen LogP contribution is 2.35. The average Bonchev–Trinajstić information content (AvgIpc) is 2.58. The lowest BCUT2D eigenvalue weighted by molar-refractivity contribution is 0.0691. The van der Waals surface area contributed by atoms with Crippen molar-refractivity contribution in [2.45, 2.75) is 0 Å². The van der Waals surface area contributed by atoms with Gasteiger partial charge in [0, 0.05) is 5.39 Å². The topological polar surface area (TPSA) is 73.3 Å². The largest absolute Gasteiger partial charge is 0.506 e. The van der Waals surface area contributed by atoms with Gasteiger partial charge >= 0.3 is 5.97 Å². The fraction of sp³-hybridized carbons (Fsp3) is 0. The van der Waals surface area contributed by atoms with E-state index in [1.54, 1.807) is 0 Å². The van der Waals surface area contributed by atoms with Crippen molar-refractivity contribution in [1.29, 1.82) is 0 Å². The molecule has 15 heavy (non-hydrogen) atoms. The highest BCUT2D eigenvalue weighted by molar-refractivity contribution is 9.10. The van der Waals surface area contributed by atoms with Gasteiger partial charge in [-0.25, -0.2) is 9.18 Å². The van der Waals surface area contributed by atoms with E-state index in [4.69, 9.17) is 5.11 Å². The molecule has 4 nitrogen and oxygen atoms in total. The van der Waals surface area contributed by atoms with Crippen LogP contribution in [0.3, 0.4) is 0 Å². The molecule has 78 valence electrons. The number of nitrogens with one attached hydrogen (secondary N) is 1. The Morgan fingerprint density at radius 2 is 2.13 bits per heavy atom. The summed E-state index contributed by atoms with van der Waals surface area (Å²) in [6, 6.07) is 2.36. The first-order valence-corrected chi connectivity index (χ1v) is 4.73. The third-order valence-corrected chi connectivity index (χ3v) is 2.78. The number of benzene rings is 1. The number of phenolic OH excluding ortho intramolecular Hbond substituents is 1. The summed E-state index contributed by atoms with van der Waals surface area (Å²) in [6.07, 6.45) is 0. The molecule has 0 aliphatic rings. The Bertz CT molecular complexity index is 564. The normalized spacial score (nSPS) is 10.8. The van der Waals surface area contributed by atoms with E-state index in [9.17, 15) is 14.3 Å². The number of H-pyrrole nitrogens is 1. The Hall–Kier alpha value is -1.56. The van der Waals surface area contributed by atoms with E-state index < -0.39 is 11.8 Å². The van der Waals surface area contributed by atoms with Crippen LogP contribution in [-0.2, 0) is 0 Å². The number of carboxylic acid groups (broad SMARTS) is 1. The van der Waals surface area contributed by atoms with Crippen LogP contribution in [0.25, 0.3) is 10.9 Å². The van der Waals surface area contributed by atoms with Crippen LogP contribution in [0.5, 0.6) is 5.75 Å². The van der Waals surface area contributed by atoms with Crippen LogP contribution in [0.1, 0.15) is 10.5 Å². The van der Waals surface area contributed by atoms with Gasteiger partial charge in [0.2, 0.25) is 0 Å². The van der Waals surface area contributed by atoms with Gasteiger partial charge in [-0.2, -0.15) is 0 Å². The summed E-state index contributed by atoms with van der Waals surface area (Å²) in [5, 5.41) is 18.5. The first kappa shape index (κ1) is 9.97. The van der Waals surface area contributed by atoms with Gasteiger partial charge in [-0.05, 0) is 28.1 Å². The molecular formula is C9H5BrFNO3. The summed E-state index contributed by atoms with van der Waals surface area (Å²) >= 11 is 2.86. The molecule has 0 unspecified atom stereocenters. The van der Waals surface area contributed by atoms with Crippen LogP contribution in [-0.4, -0.2) is 21.2 Å². The Balaban J connectivity index is 2.82. The standard InChI is InChI=1S/C9H5BrFNO3/c10-7-4(11)2-5-3(8(7)13)1-6(12-5)9(14)15/h1-2,12-13H,(H,14,15). The summed E-state index contributed by atoms with van der Waals surface area (Å²) in [4.78, 5) is 13.1. The SMILES string of the molecule is O=C(O)c1cc2c(O)c(Br)c(F)cc2[nH]1. The quantitative estimate of drug-likeness (QED) is 0.747. The van der Waals surface area contributed by atoms with Gasteiger partial charge in [0.1, 0.15) is 17.3 Å². The van der Waals surface area contributed by atoms with Crippen molar-refractivity contribution in [1.82, 2.24) is 4.98 Å². The molecule has 6 heteroatoms. The van der Waals surface area contributed by atoms with E-state index in [0.29, 0.717) is 0 Å². The Labute approximate surface area is 91.5 Å². The number of hydrogen-bond acceptors (Lipinski definition) is 2. The highest BCUT2D eigenvalue weighted by atomic mass is 79.9. The lowest BCUT2D eigenvalue weighted by Crippen LogP contribution is -1.94. The lowest BCUT2D eigenvalue weighted by Gasteiger charge is -1.99. The summed E-state index contributed by atoms with van der Waals surface area (Å²) < 4.78 is 13.1. The highest BCUT2D eigenvalue weighted by Gasteiger charge is 2.15. The second-order valence-corrected chi connectivity index (χ2v) is 3.76. The average molecular weight is 274 g/mol. The number of rotatable bonds is 1. The van der Waals surface area contributed by atoms with E-state index in [1.165, 1.54) is 6.07 Å². The molecule has 1 heterocycles. The van der Waals surface area contributed by atoms with Gasteiger partial charge in [0.15, 0.2) is 0 Å². The second-order valence-electron chi connectivity index (χ2n) is 2.97. The molecule has 0 spiro atoms. The van der Waals surface area contributed by atoms with E-state index in [-0.39, 0.29) is 26.8 Å². The molecule has 0 aliphatic heterocycles. The number of aromatic carboxylic acids is 1. The van der Waals surface area contributed by atoms with Crippen molar-refractivity contribution in [3.8, 4) is 5.75 Å². The number of aromatic hydroxyl groups is 1. The zero-order chi connectivity index (χ0) is 11.2. The van der Waals surface area contributed by atoms with E-state index in [2.05, 4.69) is 20.9 Å². The van der Waals surface area contributed by atoms with Gasteiger partial charge < -0.3 is 15.2 Å². The second kappa shape index (κ2) is 3.23. The third-order valence-electron chi connectivity index (χ3n) is 2.02. The van der Waals surface area contributed by atoms with E-state index in [0.717, 1.165) is 6.07 Å². The maximum Gasteiger partial charge on any atom is 0.352 e. The van der Waals surface area contributed by atoms with Crippen LogP contribution in [0, 0.1) is 5.82 Å². The molecule has 0 aliphatic carbocycles. The molecule has 0 saturated heterocycles. The van der Waals surface area contributed by atoms with Crippen molar-refractivity contribution in [2.75, 3.05) is 0 Å². The minimum absolute atomic E-state index is 0.0778. The summed E-state index contributed by atoms with van der Waals surface area (Å²) in [7, 11) is 0. The van der Waals surface area contributed by atoms with Gasteiger partial charge in [-0.1, -0.05) is 0 Å². The molecule has 0 fully saturated rings. The van der Waals surface area contributed by atoms with Gasteiger partial charge in [-0.3, -0.25) is 0 Å². The Kier molecular flexibility index (Phi) is 2.15. The third kappa shape index (κ3) is 1.46. The molecule has 2 rings (SSSR count). The van der Waals surface area contributed by atoms with Crippen LogP contribution in [0.2, 0.25) is 0 Å². The van der Waals surface area contributed by atoms with Crippen LogP contribution in [0.4, 0.5) is 4.39 Å². The van der Waals surface area contributed by atoms with E-state index in [1.807, 2.05) is 0 Å². The molecule has 0 atom stereocenters. The smallest absolute Gasteiger partial charge is 0.352 e. The predicted octanol–water partition coefficient (Wildman–Crippen LogP) is 2.47. The zero-order valence-corrected chi connectivity index (χ0v) is 8.80. The van der Waals surface area contributed by atoms with E-state index >= 15 is 0 Å². The maximum atomic E-state index is 13.1. The Morgan fingerprint density at radius 1 is 1.47 bits per heavy atom. The molecule has 3 N–H and O–H groups in total. The maximum absolute atomic E-state index is 13.1. The van der Waals surface area contributed by atoms with Gasteiger partial charge in [0.25, 0.3) is 0 Å². The first-order chi connectivity index (χ1) is 7.00. The predicted molar refractivity (Wildman–Crippen MR) is 54.6 cm³/mol. The number of aromatic nitrogens is 1. The summed E-state index contributed by atoms with van der Waals surface area (Å²) in [6.45, 7) is 0. The molecule has 1 aromatic carbocycles. The molecule has 1 aromatic heterocycles. The van der Waals surface area contributed by atoms with Crippen molar-refractivity contribution in [3.05, 3.63) is 28.1 Å². The van der Waals surface area contributed by atoms with Crippen molar-refractivity contribution in [2.24, 2.45) is 0 Å². The van der Waals surface area contributed by atoms with Crippen LogP contribution < -0.4 is 0 Å². The van der Waals surface area contributed by atoms with Crippen molar-refractivity contribution >= 4 is 32.8 Å². The molecule has 0 saturated carbocycles. The molecular weight excluding hydrogens is 269 g/mol. The lowest BCUT2D eigenvalue weighted by atomic mass is 10.2. The number of aromatic amines is 1. The number of phenols is 1. The number of halogens is 2. The minimum atomic E-state index is -1.16. The zero-order valence-electron chi connectivity index (χ0n) is 7.21. The molecule has 0 radical (unpaired) electrons. The van der Waals surface area contributed by atoms with Gasteiger partial charge in [-0.15, -0.1) is 0 Å². The van der Waals surface area contributed by atoms with Crippen molar-refractivity contribution < 1.29 is 19.4 Å². The molecule has 2 aromatic rings. The number of carbonyl (C=O) groups is 1. The first-order valence-electron chi connectivity index (χ1n) is 3.93. The summed E-state index contributed by atoms with van der Waals surface area (Å²) in [5.74, 6) is -2.13.